The lowest BCUT2D eigenvalue weighted by molar-refractivity contribution is 0.613. The summed E-state index contributed by atoms with van der Waals surface area (Å²) in [5.41, 5.74) is 1.13. The van der Waals surface area contributed by atoms with Crippen LogP contribution in [0.5, 0.6) is 0 Å². The van der Waals surface area contributed by atoms with Gasteiger partial charge in [0.2, 0.25) is 0 Å². The molecule has 124 valence electrons. The number of anilines is 2. The third kappa shape index (κ3) is 4.33. The summed E-state index contributed by atoms with van der Waals surface area (Å²) >= 11 is 15.5. The average molecular weight is 400 g/mol. The normalized spacial score (nSPS) is 10.6. The topological polar surface area (TPSA) is 37.0 Å². The number of rotatable bonds is 6. The second-order valence-electron chi connectivity index (χ2n) is 4.75. The van der Waals surface area contributed by atoms with Gasteiger partial charge in [0.25, 0.3) is 0 Å². The van der Waals surface area contributed by atoms with E-state index < -0.39 is 0 Å². The highest BCUT2D eigenvalue weighted by atomic mass is 35.5. The second kappa shape index (κ2) is 8.07. The maximum absolute atomic E-state index is 13.7. The largest absolute Gasteiger partial charge is 0.378 e. The molecular weight excluding hydrogens is 388 g/mol. The summed E-state index contributed by atoms with van der Waals surface area (Å²) in [5.74, 6) is -0.267. The van der Waals surface area contributed by atoms with Crippen LogP contribution in [-0.2, 0) is 6.54 Å². The van der Waals surface area contributed by atoms with Crippen LogP contribution in [0.1, 0.15) is 5.56 Å². The molecule has 0 radical (unpaired) electrons. The molecule has 0 amide bonds. The van der Waals surface area contributed by atoms with E-state index in [4.69, 9.17) is 23.2 Å². The predicted octanol–water partition coefficient (Wildman–Crippen LogP) is 6.32. The highest BCUT2D eigenvalue weighted by Crippen LogP contribution is 2.36. The molecule has 0 spiro atoms. The fourth-order valence-corrected chi connectivity index (χ4v) is 4.03. The summed E-state index contributed by atoms with van der Waals surface area (Å²) in [6.07, 6.45) is 1.73. The van der Waals surface area contributed by atoms with Crippen LogP contribution in [0, 0.1) is 5.82 Å². The van der Waals surface area contributed by atoms with Gasteiger partial charge in [-0.25, -0.2) is 9.37 Å². The van der Waals surface area contributed by atoms with E-state index in [1.807, 2.05) is 5.38 Å². The molecule has 8 heteroatoms. The molecule has 3 rings (SSSR count). The fraction of sp³-hybridized carbons (Fsp3) is 0.0625. The number of hydrogen-bond donors (Lipinski definition) is 2. The summed E-state index contributed by atoms with van der Waals surface area (Å²) in [6, 6.07) is 10.2. The summed E-state index contributed by atoms with van der Waals surface area (Å²) in [4.78, 5) is 5.00. The number of thiazole rings is 1. The van der Waals surface area contributed by atoms with Crippen molar-refractivity contribution in [2.45, 2.75) is 11.4 Å². The van der Waals surface area contributed by atoms with Gasteiger partial charge in [-0.1, -0.05) is 41.4 Å². The minimum absolute atomic E-state index is 0.267. The monoisotopic (exact) mass is 399 g/mol. The first-order valence-electron chi connectivity index (χ1n) is 6.92. The second-order valence-corrected chi connectivity index (χ2v) is 7.34. The zero-order valence-electron chi connectivity index (χ0n) is 12.2. The molecule has 0 bridgehead atoms. The molecule has 1 aromatic heterocycles. The van der Waals surface area contributed by atoms with Crippen molar-refractivity contribution in [3.05, 3.63) is 69.4 Å². The maximum atomic E-state index is 13.7. The lowest BCUT2D eigenvalue weighted by Crippen LogP contribution is -2.03. The SMILES string of the molecule is Fc1ccccc1CNc1c(Cl)cc(SNc2nccs2)cc1Cl. The van der Waals surface area contributed by atoms with Crippen LogP contribution in [0.4, 0.5) is 15.2 Å². The van der Waals surface area contributed by atoms with Crippen molar-refractivity contribution in [3.63, 3.8) is 0 Å². The van der Waals surface area contributed by atoms with Gasteiger partial charge < -0.3 is 10.0 Å². The molecule has 2 N–H and O–H groups in total. The zero-order chi connectivity index (χ0) is 16.9. The van der Waals surface area contributed by atoms with E-state index in [0.717, 1.165) is 10.0 Å². The summed E-state index contributed by atoms with van der Waals surface area (Å²) in [6.45, 7) is 0.302. The Morgan fingerprint density at radius 3 is 2.58 bits per heavy atom. The fourth-order valence-electron chi connectivity index (χ4n) is 1.98. The van der Waals surface area contributed by atoms with Crippen molar-refractivity contribution in [1.82, 2.24) is 4.98 Å². The number of benzene rings is 2. The van der Waals surface area contributed by atoms with Crippen LogP contribution in [-0.4, -0.2) is 4.98 Å². The Bertz CT molecular complexity index is 805. The van der Waals surface area contributed by atoms with Gasteiger partial charge in [0, 0.05) is 28.6 Å². The minimum Gasteiger partial charge on any atom is -0.378 e. The molecule has 24 heavy (non-hydrogen) atoms. The lowest BCUT2D eigenvalue weighted by atomic mass is 10.2. The average Bonchev–Trinajstić information content (AvgIpc) is 3.07. The van der Waals surface area contributed by atoms with E-state index in [1.165, 1.54) is 29.4 Å². The third-order valence-electron chi connectivity index (χ3n) is 3.12. The molecule has 0 aliphatic heterocycles. The van der Waals surface area contributed by atoms with Crippen molar-refractivity contribution < 1.29 is 4.39 Å². The molecular formula is C16H12Cl2FN3S2. The van der Waals surface area contributed by atoms with E-state index in [2.05, 4.69) is 15.0 Å². The van der Waals surface area contributed by atoms with E-state index in [-0.39, 0.29) is 5.82 Å². The van der Waals surface area contributed by atoms with Gasteiger partial charge in [-0.3, -0.25) is 0 Å². The molecule has 0 saturated heterocycles. The van der Waals surface area contributed by atoms with E-state index in [9.17, 15) is 4.39 Å². The first kappa shape index (κ1) is 17.4. The molecule has 0 saturated carbocycles. The Hall–Kier alpha value is -1.47. The smallest absolute Gasteiger partial charge is 0.192 e. The molecule has 0 atom stereocenters. The van der Waals surface area contributed by atoms with Crippen LogP contribution >= 0.6 is 46.5 Å². The molecule has 0 aliphatic rings. The molecule has 0 aliphatic carbocycles. The Morgan fingerprint density at radius 1 is 1.17 bits per heavy atom. The van der Waals surface area contributed by atoms with Gasteiger partial charge in [-0.05, 0) is 30.1 Å². The number of aromatic nitrogens is 1. The Morgan fingerprint density at radius 2 is 1.92 bits per heavy atom. The van der Waals surface area contributed by atoms with Crippen LogP contribution in [0.2, 0.25) is 10.0 Å². The number of hydrogen-bond acceptors (Lipinski definition) is 5. The predicted molar refractivity (Wildman–Crippen MR) is 102 cm³/mol. The molecule has 2 aromatic carbocycles. The highest BCUT2D eigenvalue weighted by Gasteiger charge is 2.10. The third-order valence-corrected chi connectivity index (χ3v) is 5.30. The highest BCUT2D eigenvalue weighted by molar-refractivity contribution is 8.00. The van der Waals surface area contributed by atoms with E-state index >= 15 is 0 Å². The molecule has 3 aromatic rings. The van der Waals surface area contributed by atoms with Crippen molar-refractivity contribution in [1.29, 1.82) is 0 Å². The zero-order valence-corrected chi connectivity index (χ0v) is 15.4. The Balaban J connectivity index is 1.69. The minimum atomic E-state index is -0.267. The summed E-state index contributed by atoms with van der Waals surface area (Å²) in [7, 11) is 0. The van der Waals surface area contributed by atoms with Gasteiger partial charge in [-0.15, -0.1) is 11.3 Å². The van der Waals surface area contributed by atoms with Crippen molar-refractivity contribution in [3.8, 4) is 0 Å². The van der Waals surface area contributed by atoms with Crippen LogP contribution in [0.25, 0.3) is 0 Å². The van der Waals surface area contributed by atoms with Crippen molar-refractivity contribution >= 4 is 57.3 Å². The molecule has 0 fully saturated rings. The van der Waals surface area contributed by atoms with E-state index in [0.29, 0.717) is 27.8 Å². The first-order chi connectivity index (χ1) is 11.6. The quantitative estimate of drug-likeness (QED) is 0.475. The Labute approximate surface area is 157 Å². The summed E-state index contributed by atoms with van der Waals surface area (Å²) < 4.78 is 16.8. The van der Waals surface area contributed by atoms with Gasteiger partial charge in [-0.2, -0.15) is 0 Å². The van der Waals surface area contributed by atoms with E-state index in [1.54, 1.807) is 36.5 Å². The number of nitrogens with zero attached hydrogens (tertiary/aromatic N) is 1. The number of nitrogens with one attached hydrogen (secondary N) is 2. The lowest BCUT2D eigenvalue weighted by Gasteiger charge is -2.13. The number of halogens is 3. The molecule has 3 nitrogen and oxygen atoms in total. The van der Waals surface area contributed by atoms with Crippen LogP contribution in [0.3, 0.4) is 0 Å². The molecule has 1 heterocycles. The van der Waals surface area contributed by atoms with Gasteiger partial charge in [0.15, 0.2) is 5.13 Å². The maximum Gasteiger partial charge on any atom is 0.192 e. The van der Waals surface area contributed by atoms with Crippen molar-refractivity contribution in [2.24, 2.45) is 0 Å². The Kier molecular flexibility index (Phi) is 5.84. The van der Waals surface area contributed by atoms with Gasteiger partial charge >= 0.3 is 0 Å². The van der Waals surface area contributed by atoms with Crippen LogP contribution in [0.15, 0.2) is 52.9 Å². The van der Waals surface area contributed by atoms with Crippen LogP contribution < -0.4 is 10.0 Å². The molecule has 0 unspecified atom stereocenters. The summed E-state index contributed by atoms with van der Waals surface area (Å²) in [5, 5.41) is 6.73. The van der Waals surface area contributed by atoms with Gasteiger partial charge in [0.1, 0.15) is 5.82 Å². The van der Waals surface area contributed by atoms with Crippen molar-refractivity contribution in [2.75, 3.05) is 10.0 Å². The van der Waals surface area contributed by atoms with Gasteiger partial charge in [0.05, 0.1) is 15.7 Å². The standard InChI is InChI=1S/C16H12Cl2FN3S2/c17-12-7-11(24-22-16-20-5-6-23-16)8-13(18)15(12)21-9-10-3-1-2-4-14(10)19/h1-8,21H,9H2,(H,20,22). The first-order valence-corrected chi connectivity index (χ1v) is 9.37.